The SMILES string of the molecule is C=CCOc1ccc(OC)c(-c2nc(C(=O)Nc3cnccc3C3CC(N)C(O)C(CC)C3)ccc2F)c1F. The monoisotopic (exact) mass is 538 g/mol. The van der Waals surface area contributed by atoms with E-state index in [1.54, 1.807) is 6.20 Å². The van der Waals surface area contributed by atoms with Gasteiger partial charge in [0.25, 0.3) is 5.91 Å². The van der Waals surface area contributed by atoms with Gasteiger partial charge in [0, 0.05) is 12.2 Å². The van der Waals surface area contributed by atoms with E-state index in [9.17, 15) is 14.3 Å². The van der Waals surface area contributed by atoms with Gasteiger partial charge in [-0.15, -0.1) is 0 Å². The van der Waals surface area contributed by atoms with Crippen LogP contribution in [0.5, 0.6) is 11.5 Å². The fourth-order valence-corrected chi connectivity index (χ4v) is 5.07. The lowest BCUT2D eigenvalue weighted by Gasteiger charge is -2.38. The van der Waals surface area contributed by atoms with Gasteiger partial charge in [0.15, 0.2) is 11.6 Å². The summed E-state index contributed by atoms with van der Waals surface area (Å²) < 4.78 is 40.9. The van der Waals surface area contributed by atoms with Gasteiger partial charge >= 0.3 is 0 Å². The van der Waals surface area contributed by atoms with Crippen molar-refractivity contribution < 1.29 is 28.2 Å². The Morgan fingerprint density at radius 1 is 1.23 bits per heavy atom. The summed E-state index contributed by atoms with van der Waals surface area (Å²) in [6.45, 7) is 5.59. The number of ether oxygens (including phenoxy) is 2. The van der Waals surface area contributed by atoms with Gasteiger partial charge in [0.05, 0.1) is 30.7 Å². The van der Waals surface area contributed by atoms with Crippen LogP contribution in [0.1, 0.15) is 48.2 Å². The molecule has 4 atom stereocenters. The minimum absolute atomic E-state index is 0.0000467. The smallest absolute Gasteiger partial charge is 0.274 e. The molecule has 0 spiro atoms. The lowest BCUT2D eigenvalue weighted by atomic mass is 9.73. The number of halogens is 2. The molecule has 1 amide bonds. The van der Waals surface area contributed by atoms with E-state index in [4.69, 9.17) is 15.2 Å². The number of aliphatic hydroxyl groups is 1. The standard InChI is InChI=1S/C29H32F2N4O4/c1-4-12-39-24-9-8-23(38-3)25(26(24)31)27-19(30)6-7-21(34-27)29(37)35-22-15-33-11-10-18(22)17-13-16(5-2)28(36)20(32)14-17/h4,6-11,15-17,20,28,36H,1,5,12-14,32H2,2-3H3,(H,35,37). The lowest BCUT2D eigenvalue weighted by molar-refractivity contribution is 0.0416. The van der Waals surface area contributed by atoms with Gasteiger partial charge in [-0.25, -0.2) is 13.8 Å². The molecule has 2 heterocycles. The molecule has 2 aromatic heterocycles. The Morgan fingerprint density at radius 2 is 2.00 bits per heavy atom. The highest BCUT2D eigenvalue weighted by molar-refractivity contribution is 6.03. The van der Waals surface area contributed by atoms with E-state index in [0.717, 1.165) is 18.1 Å². The van der Waals surface area contributed by atoms with Gasteiger partial charge < -0.3 is 25.6 Å². The fourth-order valence-electron chi connectivity index (χ4n) is 5.07. The summed E-state index contributed by atoms with van der Waals surface area (Å²) in [5.74, 6) is -2.42. The molecular weight excluding hydrogens is 506 g/mol. The van der Waals surface area contributed by atoms with Crippen LogP contribution in [-0.4, -0.2) is 46.8 Å². The van der Waals surface area contributed by atoms with Crippen LogP contribution in [0.15, 0.2) is 55.4 Å². The Morgan fingerprint density at radius 3 is 2.72 bits per heavy atom. The number of nitrogens with zero attached hydrogens (tertiary/aromatic N) is 2. The number of anilines is 1. The first-order valence-electron chi connectivity index (χ1n) is 12.7. The van der Waals surface area contributed by atoms with Gasteiger partial charge in [-0.2, -0.15) is 0 Å². The first kappa shape index (κ1) is 28.1. The molecule has 1 saturated carbocycles. The molecule has 4 unspecified atom stereocenters. The highest BCUT2D eigenvalue weighted by Crippen LogP contribution is 2.40. The van der Waals surface area contributed by atoms with Crippen molar-refractivity contribution in [3.63, 3.8) is 0 Å². The van der Waals surface area contributed by atoms with Crippen molar-refractivity contribution >= 4 is 11.6 Å². The van der Waals surface area contributed by atoms with E-state index in [2.05, 4.69) is 21.9 Å². The molecule has 1 aromatic carbocycles. The van der Waals surface area contributed by atoms with E-state index in [0.29, 0.717) is 18.5 Å². The summed E-state index contributed by atoms with van der Waals surface area (Å²) in [6, 6.07) is 6.48. The summed E-state index contributed by atoms with van der Waals surface area (Å²) in [5, 5.41) is 13.2. The minimum atomic E-state index is -0.879. The molecule has 8 nitrogen and oxygen atoms in total. The number of amides is 1. The van der Waals surface area contributed by atoms with Gasteiger partial charge in [-0.05, 0) is 60.6 Å². The van der Waals surface area contributed by atoms with E-state index >= 15 is 4.39 Å². The molecule has 3 aromatic rings. The molecule has 1 aliphatic rings. The molecule has 206 valence electrons. The van der Waals surface area contributed by atoms with Crippen LogP contribution in [-0.2, 0) is 0 Å². The molecule has 1 fully saturated rings. The van der Waals surface area contributed by atoms with Gasteiger partial charge in [-0.3, -0.25) is 9.78 Å². The molecule has 4 rings (SSSR count). The van der Waals surface area contributed by atoms with Gasteiger partial charge in [0.2, 0.25) is 0 Å². The summed E-state index contributed by atoms with van der Waals surface area (Å²) in [7, 11) is 1.32. The Balaban J connectivity index is 1.66. The predicted octanol–water partition coefficient (Wildman–Crippen LogP) is 4.84. The van der Waals surface area contributed by atoms with Gasteiger partial charge in [0.1, 0.15) is 29.6 Å². The third-order valence-electron chi connectivity index (χ3n) is 7.09. The maximum Gasteiger partial charge on any atom is 0.274 e. The highest BCUT2D eigenvalue weighted by Gasteiger charge is 2.35. The lowest BCUT2D eigenvalue weighted by Crippen LogP contribution is -2.45. The van der Waals surface area contributed by atoms with Gasteiger partial charge in [-0.1, -0.05) is 26.0 Å². The second-order valence-electron chi connectivity index (χ2n) is 9.49. The van der Waals surface area contributed by atoms with Crippen LogP contribution in [0.2, 0.25) is 0 Å². The number of benzene rings is 1. The summed E-state index contributed by atoms with van der Waals surface area (Å²) in [4.78, 5) is 21.6. The van der Waals surface area contributed by atoms with Crippen LogP contribution >= 0.6 is 0 Å². The predicted molar refractivity (Wildman–Crippen MR) is 144 cm³/mol. The Kier molecular flexibility index (Phi) is 8.88. The number of aliphatic hydroxyl groups excluding tert-OH is 1. The van der Waals surface area contributed by atoms with E-state index in [1.807, 2.05) is 13.0 Å². The van der Waals surface area contributed by atoms with Crippen molar-refractivity contribution in [1.29, 1.82) is 0 Å². The molecule has 0 saturated heterocycles. The molecular formula is C29H32F2N4O4. The molecule has 0 radical (unpaired) electrons. The number of rotatable bonds is 9. The average Bonchev–Trinajstić information content (AvgIpc) is 2.94. The summed E-state index contributed by atoms with van der Waals surface area (Å²) in [5.41, 5.74) is 6.71. The average molecular weight is 539 g/mol. The topological polar surface area (TPSA) is 120 Å². The summed E-state index contributed by atoms with van der Waals surface area (Å²) >= 11 is 0. The van der Waals surface area contributed by atoms with Crippen molar-refractivity contribution in [1.82, 2.24) is 9.97 Å². The second-order valence-corrected chi connectivity index (χ2v) is 9.49. The number of carbonyl (C=O) groups is 1. The third-order valence-corrected chi connectivity index (χ3v) is 7.09. The van der Waals surface area contributed by atoms with Crippen LogP contribution < -0.4 is 20.5 Å². The number of nitrogens with two attached hydrogens (primary N) is 1. The van der Waals surface area contributed by atoms with Crippen molar-refractivity contribution in [3.8, 4) is 22.8 Å². The zero-order valence-corrected chi connectivity index (χ0v) is 21.9. The van der Waals surface area contributed by atoms with Crippen molar-refractivity contribution in [2.45, 2.75) is 44.2 Å². The molecule has 4 N–H and O–H groups in total. The quantitative estimate of drug-likeness (QED) is 0.334. The Bertz CT molecular complexity index is 1350. The van der Waals surface area contributed by atoms with E-state index in [-0.39, 0.29) is 47.2 Å². The zero-order valence-electron chi connectivity index (χ0n) is 21.9. The molecule has 1 aliphatic carbocycles. The van der Waals surface area contributed by atoms with Crippen molar-refractivity contribution in [3.05, 3.63) is 78.3 Å². The second kappa shape index (κ2) is 12.3. The first-order chi connectivity index (χ1) is 18.8. The number of aromatic nitrogens is 2. The minimum Gasteiger partial charge on any atom is -0.496 e. The van der Waals surface area contributed by atoms with Crippen LogP contribution in [0.25, 0.3) is 11.3 Å². The number of nitrogens with one attached hydrogen (secondary N) is 1. The normalized spacial score (nSPS) is 20.8. The summed E-state index contributed by atoms with van der Waals surface area (Å²) in [6.07, 6.45) is 6.07. The van der Waals surface area contributed by atoms with Crippen molar-refractivity contribution in [2.24, 2.45) is 11.7 Å². The van der Waals surface area contributed by atoms with Crippen molar-refractivity contribution in [2.75, 3.05) is 19.0 Å². The number of pyridine rings is 2. The third kappa shape index (κ3) is 5.91. The number of hydrogen-bond donors (Lipinski definition) is 3. The van der Waals surface area contributed by atoms with Crippen LogP contribution in [0, 0.1) is 17.6 Å². The fraction of sp³-hybridized carbons (Fsp3) is 0.345. The number of carbonyl (C=O) groups excluding carboxylic acids is 1. The van der Waals surface area contributed by atoms with Crippen LogP contribution in [0.4, 0.5) is 14.5 Å². The maximum atomic E-state index is 15.4. The largest absolute Gasteiger partial charge is 0.496 e. The molecule has 39 heavy (non-hydrogen) atoms. The molecule has 0 bridgehead atoms. The number of methoxy groups -OCH3 is 1. The Labute approximate surface area is 225 Å². The van der Waals surface area contributed by atoms with E-state index in [1.165, 1.54) is 37.6 Å². The highest BCUT2D eigenvalue weighted by atomic mass is 19.1. The molecule has 10 heteroatoms. The zero-order chi connectivity index (χ0) is 28.1. The van der Waals surface area contributed by atoms with Crippen LogP contribution in [0.3, 0.4) is 0 Å². The maximum absolute atomic E-state index is 15.4. The molecule has 0 aliphatic heterocycles. The Hall–Kier alpha value is -3.89. The number of hydrogen-bond acceptors (Lipinski definition) is 7. The first-order valence-corrected chi connectivity index (χ1v) is 12.7. The van der Waals surface area contributed by atoms with E-state index < -0.39 is 29.3 Å².